The van der Waals surface area contributed by atoms with Crippen LogP contribution in [-0.4, -0.2) is 29.1 Å². The van der Waals surface area contributed by atoms with Gasteiger partial charge in [0.05, 0.1) is 11.6 Å². The number of hydrogen-bond donors (Lipinski definition) is 2. The summed E-state index contributed by atoms with van der Waals surface area (Å²) in [6.07, 6.45) is -0.332. The highest BCUT2D eigenvalue weighted by Gasteiger charge is 2.17. The van der Waals surface area contributed by atoms with Crippen LogP contribution < -0.4 is 10.1 Å². The van der Waals surface area contributed by atoms with Crippen molar-refractivity contribution in [2.24, 2.45) is 0 Å². The fourth-order valence-electron chi connectivity index (χ4n) is 1.64. The van der Waals surface area contributed by atoms with Crippen LogP contribution in [0.25, 0.3) is 0 Å². The lowest BCUT2D eigenvalue weighted by molar-refractivity contribution is -0.137. The van der Waals surface area contributed by atoms with Crippen molar-refractivity contribution < 1.29 is 19.4 Å². The summed E-state index contributed by atoms with van der Waals surface area (Å²) in [5.74, 6) is -0.704. The van der Waals surface area contributed by atoms with E-state index in [2.05, 4.69) is 5.32 Å². The van der Waals surface area contributed by atoms with Crippen LogP contribution in [0.5, 0.6) is 5.75 Å². The lowest BCUT2D eigenvalue weighted by atomic mass is 10.2. The molecule has 112 valence electrons. The molecule has 2 N–H and O–H groups in total. The molecule has 0 saturated carbocycles. The van der Waals surface area contributed by atoms with Crippen LogP contribution >= 0.6 is 0 Å². The molecule has 0 aromatic heterocycles. The van der Waals surface area contributed by atoms with Gasteiger partial charge >= 0.3 is 5.97 Å². The first-order chi connectivity index (χ1) is 9.92. The van der Waals surface area contributed by atoms with E-state index in [4.69, 9.17) is 15.1 Å². The molecule has 0 fully saturated rings. The number of rotatable bonds is 7. The molecule has 0 aliphatic rings. The van der Waals surface area contributed by atoms with E-state index in [0.717, 1.165) is 0 Å². The van der Waals surface area contributed by atoms with E-state index in [1.165, 1.54) is 0 Å². The zero-order valence-electron chi connectivity index (χ0n) is 12.0. The quantitative estimate of drug-likeness (QED) is 0.796. The number of amides is 1. The molecule has 6 nitrogen and oxygen atoms in total. The van der Waals surface area contributed by atoms with E-state index in [-0.39, 0.29) is 18.4 Å². The Morgan fingerprint density at radius 1 is 1.33 bits per heavy atom. The van der Waals surface area contributed by atoms with E-state index in [9.17, 15) is 9.59 Å². The third-order valence-corrected chi connectivity index (χ3v) is 2.85. The Morgan fingerprint density at radius 2 is 1.95 bits per heavy atom. The molecule has 6 heteroatoms. The van der Waals surface area contributed by atoms with Crippen molar-refractivity contribution in [2.75, 3.05) is 0 Å². The van der Waals surface area contributed by atoms with Crippen molar-refractivity contribution in [1.82, 2.24) is 5.32 Å². The van der Waals surface area contributed by atoms with Crippen LogP contribution in [0.3, 0.4) is 0 Å². The second kappa shape index (κ2) is 7.90. The third kappa shape index (κ3) is 5.95. The first-order valence-electron chi connectivity index (χ1n) is 6.61. The third-order valence-electron chi connectivity index (χ3n) is 2.85. The van der Waals surface area contributed by atoms with E-state index in [1.807, 2.05) is 6.07 Å². The summed E-state index contributed by atoms with van der Waals surface area (Å²) >= 11 is 0. The number of ether oxygens (including phenoxy) is 1. The molecule has 1 aromatic carbocycles. The number of carbonyl (C=O) groups is 2. The fraction of sp³-hybridized carbons (Fsp3) is 0.400. The summed E-state index contributed by atoms with van der Waals surface area (Å²) in [6, 6.07) is 8.22. The predicted molar refractivity (Wildman–Crippen MR) is 75.7 cm³/mol. The Bertz CT molecular complexity index is 534. The summed E-state index contributed by atoms with van der Waals surface area (Å²) in [7, 11) is 0. The number of hydrogen-bond acceptors (Lipinski definition) is 4. The first kappa shape index (κ1) is 16.5. The average molecular weight is 290 g/mol. The lowest BCUT2D eigenvalue weighted by Gasteiger charge is -2.18. The largest absolute Gasteiger partial charge is 0.481 e. The van der Waals surface area contributed by atoms with E-state index in [0.29, 0.717) is 17.7 Å². The van der Waals surface area contributed by atoms with Gasteiger partial charge in [0.25, 0.3) is 5.91 Å². The lowest BCUT2D eigenvalue weighted by Crippen LogP contribution is -2.41. The normalized spacial score (nSPS) is 12.8. The van der Waals surface area contributed by atoms with Gasteiger partial charge < -0.3 is 15.2 Å². The molecule has 0 aliphatic heterocycles. The van der Waals surface area contributed by atoms with Gasteiger partial charge in [0, 0.05) is 12.5 Å². The summed E-state index contributed by atoms with van der Waals surface area (Å²) in [4.78, 5) is 22.3. The molecule has 2 unspecified atom stereocenters. The number of carboxylic acids is 1. The van der Waals surface area contributed by atoms with Crippen LogP contribution in [-0.2, 0) is 9.59 Å². The maximum absolute atomic E-state index is 11.9. The number of nitrogens with one attached hydrogen (secondary N) is 1. The zero-order valence-corrected chi connectivity index (χ0v) is 12.0. The van der Waals surface area contributed by atoms with Crippen molar-refractivity contribution in [3.05, 3.63) is 29.8 Å². The molecule has 0 spiro atoms. The Balaban J connectivity index is 2.46. The Labute approximate surface area is 123 Å². The molecule has 2 atom stereocenters. The van der Waals surface area contributed by atoms with E-state index in [1.54, 1.807) is 38.1 Å². The SMILES string of the molecule is CC(CCC(=O)O)NC(=O)C(C)Oc1ccc(C#N)cc1. The van der Waals surface area contributed by atoms with Crippen molar-refractivity contribution in [3.63, 3.8) is 0 Å². The van der Waals surface area contributed by atoms with Gasteiger partial charge in [-0.05, 0) is 44.5 Å². The van der Waals surface area contributed by atoms with E-state index >= 15 is 0 Å². The number of benzene rings is 1. The summed E-state index contributed by atoms with van der Waals surface area (Å²) < 4.78 is 5.46. The van der Waals surface area contributed by atoms with Crippen LogP contribution in [0, 0.1) is 11.3 Å². The molecule has 0 heterocycles. The van der Waals surface area contributed by atoms with Gasteiger partial charge in [-0.3, -0.25) is 9.59 Å². The van der Waals surface area contributed by atoms with Gasteiger partial charge in [0.1, 0.15) is 5.75 Å². The summed E-state index contributed by atoms with van der Waals surface area (Å²) in [6.45, 7) is 3.35. The van der Waals surface area contributed by atoms with Gasteiger partial charge in [-0.1, -0.05) is 0 Å². The van der Waals surface area contributed by atoms with Gasteiger partial charge in [0.2, 0.25) is 0 Å². The van der Waals surface area contributed by atoms with Crippen molar-refractivity contribution in [2.45, 2.75) is 38.8 Å². The van der Waals surface area contributed by atoms with Crippen LogP contribution in [0.4, 0.5) is 0 Å². The first-order valence-corrected chi connectivity index (χ1v) is 6.61. The minimum Gasteiger partial charge on any atom is -0.481 e. The molecule has 1 amide bonds. The fourth-order valence-corrected chi connectivity index (χ4v) is 1.64. The minimum absolute atomic E-state index is 0.00626. The topological polar surface area (TPSA) is 99.4 Å². The Kier molecular flexibility index (Phi) is 6.21. The van der Waals surface area contributed by atoms with Gasteiger partial charge in [-0.2, -0.15) is 5.26 Å². The highest BCUT2D eigenvalue weighted by Crippen LogP contribution is 2.13. The number of nitriles is 1. The summed E-state index contributed by atoms with van der Waals surface area (Å²) in [5, 5.41) is 20.0. The molecule has 0 aliphatic carbocycles. The molecule has 1 rings (SSSR count). The molecular weight excluding hydrogens is 272 g/mol. The average Bonchev–Trinajstić information content (AvgIpc) is 2.45. The molecule has 1 aromatic rings. The van der Waals surface area contributed by atoms with Gasteiger partial charge in [0.15, 0.2) is 6.10 Å². The van der Waals surface area contributed by atoms with Gasteiger partial charge in [-0.15, -0.1) is 0 Å². The zero-order chi connectivity index (χ0) is 15.8. The second-order valence-corrected chi connectivity index (χ2v) is 4.74. The van der Waals surface area contributed by atoms with Crippen LogP contribution in [0.1, 0.15) is 32.3 Å². The Hall–Kier alpha value is -2.55. The number of nitrogens with zero attached hydrogens (tertiary/aromatic N) is 1. The van der Waals surface area contributed by atoms with Crippen LogP contribution in [0.15, 0.2) is 24.3 Å². The standard InChI is InChI=1S/C15H18N2O4/c1-10(3-8-14(18)19)17-15(20)11(2)21-13-6-4-12(9-16)5-7-13/h4-7,10-11H,3,8H2,1-2H3,(H,17,20)(H,18,19). The number of carboxylic acid groups (broad SMARTS) is 1. The van der Waals surface area contributed by atoms with Crippen molar-refractivity contribution in [3.8, 4) is 11.8 Å². The van der Waals surface area contributed by atoms with Crippen molar-refractivity contribution >= 4 is 11.9 Å². The second-order valence-electron chi connectivity index (χ2n) is 4.74. The highest BCUT2D eigenvalue weighted by molar-refractivity contribution is 5.81. The molecule has 0 saturated heterocycles. The smallest absolute Gasteiger partial charge is 0.303 e. The Morgan fingerprint density at radius 3 is 2.48 bits per heavy atom. The molecule has 0 radical (unpaired) electrons. The van der Waals surface area contributed by atoms with Crippen molar-refractivity contribution in [1.29, 1.82) is 5.26 Å². The molecule has 0 bridgehead atoms. The molecule has 21 heavy (non-hydrogen) atoms. The monoisotopic (exact) mass is 290 g/mol. The van der Waals surface area contributed by atoms with E-state index < -0.39 is 12.1 Å². The maximum atomic E-state index is 11.9. The predicted octanol–water partition coefficient (Wildman–Crippen LogP) is 1.70. The number of carbonyl (C=O) groups excluding carboxylic acids is 1. The summed E-state index contributed by atoms with van der Waals surface area (Å²) in [5.41, 5.74) is 0.516. The highest BCUT2D eigenvalue weighted by atomic mass is 16.5. The number of aliphatic carboxylic acids is 1. The minimum atomic E-state index is -0.891. The van der Waals surface area contributed by atoms with Crippen LogP contribution in [0.2, 0.25) is 0 Å². The maximum Gasteiger partial charge on any atom is 0.303 e. The molecular formula is C15H18N2O4. The van der Waals surface area contributed by atoms with Gasteiger partial charge in [-0.25, -0.2) is 0 Å².